The average molecular weight is 283 g/mol. The fraction of sp³-hybridized carbons (Fsp3) is 0.778. The SMILES string of the molecule is CCOC(=O)[C@@H](CS)NC(=O)CSCCS. The summed E-state index contributed by atoms with van der Waals surface area (Å²) in [4.78, 5) is 22.7. The topological polar surface area (TPSA) is 55.4 Å². The summed E-state index contributed by atoms with van der Waals surface area (Å²) in [7, 11) is 0. The van der Waals surface area contributed by atoms with Crippen LogP contribution in [0.3, 0.4) is 0 Å². The van der Waals surface area contributed by atoms with Crippen molar-refractivity contribution in [2.45, 2.75) is 13.0 Å². The van der Waals surface area contributed by atoms with Crippen molar-refractivity contribution < 1.29 is 14.3 Å². The Balaban J connectivity index is 3.91. The van der Waals surface area contributed by atoms with Gasteiger partial charge in [-0.3, -0.25) is 4.79 Å². The summed E-state index contributed by atoms with van der Waals surface area (Å²) in [6, 6.07) is -0.660. The lowest BCUT2D eigenvalue weighted by Gasteiger charge is -2.14. The lowest BCUT2D eigenvalue weighted by Crippen LogP contribution is -2.44. The number of thiol groups is 2. The van der Waals surface area contributed by atoms with E-state index in [0.717, 1.165) is 11.5 Å². The Kier molecular flexibility index (Phi) is 10.2. The minimum Gasteiger partial charge on any atom is -0.464 e. The van der Waals surface area contributed by atoms with Crippen molar-refractivity contribution in [2.24, 2.45) is 0 Å². The molecule has 1 atom stereocenters. The number of esters is 1. The Morgan fingerprint density at radius 3 is 2.62 bits per heavy atom. The van der Waals surface area contributed by atoms with E-state index >= 15 is 0 Å². The number of carbonyl (C=O) groups is 2. The van der Waals surface area contributed by atoms with E-state index in [0.29, 0.717) is 12.4 Å². The minimum atomic E-state index is -0.660. The van der Waals surface area contributed by atoms with Gasteiger partial charge in [-0.05, 0) is 12.7 Å². The fourth-order valence-corrected chi connectivity index (χ4v) is 2.06. The van der Waals surface area contributed by atoms with Crippen molar-refractivity contribution in [3.63, 3.8) is 0 Å². The Bertz CT molecular complexity index is 226. The molecular weight excluding hydrogens is 266 g/mol. The van der Waals surface area contributed by atoms with E-state index in [-0.39, 0.29) is 11.7 Å². The van der Waals surface area contributed by atoms with E-state index in [1.54, 1.807) is 6.92 Å². The van der Waals surface area contributed by atoms with Gasteiger partial charge in [0, 0.05) is 11.5 Å². The molecule has 0 heterocycles. The van der Waals surface area contributed by atoms with Gasteiger partial charge in [-0.2, -0.15) is 37.0 Å². The molecule has 0 rings (SSSR count). The molecule has 0 spiro atoms. The highest BCUT2D eigenvalue weighted by atomic mass is 32.2. The highest BCUT2D eigenvalue weighted by molar-refractivity contribution is 8.00. The second kappa shape index (κ2) is 10.2. The highest BCUT2D eigenvalue weighted by Crippen LogP contribution is 2.01. The van der Waals surface area contributed by atoms with Gasteiger partial charge in [0.25, 0.3) is 0 Å². The van der Waals surface area contributed by atoms with Crippen LogP contribution in [0.1, 0.15) is 6.92 Å². The second-order valence-electron chi connectivity index (χ2n) is 2.83. The van der Waals surface area contributed by atoms with E-state index in [1.165, 1.54) is 11.8 Å². The molecule has 0 radical (unpaired) electrons. The van der Waals surface area contributed by atoms with Gasteiger partial charge in [-0.25, -0.2) is 4.79 Å². The third-order valence-electron chi connectivity index (χ3n) is 1.56. The summed E-state index contributed by atoms with van der Waals surface area (Å²) < 4.78 is 4.80. The summed E-state index contributed by atoms with van der Waals surface area (Å²) in [5.74, 6) is 1.48. The number of hydrogen-bond acceptors (Lipinski definition) is 6. The third kappa shape index (κ3) is 7.29. The van der Waals surface area contributed by atoms with Gasteiger partial charge in [0.15, 0.2) is 0 Å². The molecule has 0 unspecified atom stereocenters. The van der Waals surface area contributed by atoms with Crippen LogP contribution in [0.5, 0.6) is 0 Å². The number of thioether (sulfide) groups is 1. The molecule has 0 fully saturated rings. The summed E-state index contributed by atoms with van der Waals surface area (Å²) in [6.07, 6.45) is 0. The summed E-state index contributed by atoms with van der Waals surface area (Å²) in [5.41, 5.74) is 0. The number of rotatable bonds is 8. The van der Waals surface area contributed by atoms with Crippen LogP contribution in [0.15, 0.2) is 0 Å². The molecule has 0 aliphatic carbocycles. The molecule has 16 heavy (non-hydrogen) atoms. The lowest BCUT2D eigenvalue weighted by atomic mass is 10.3. The molecule has 4 nitrogen and oxygen atoms in total. The monoisotopic (exact) mass is 283 g/mol. The highest BCUT2D eigenvalue weighted by Gasteiger charge is 2.19. The maximum absolute atomic E-state index is 11.4. The first kappa shape index (κ1) is 16.0. The van der Waals surface area contributed by atoms with Crippen LogP contribution in [0, 0.1) is 0 Å². The Morgan fingerprint density at radius 2 is 2.12 bits per heavy atom. The standard InChI is InChI=1S/C9H17NO3S3/c1-2-13-9(12)7(5-15)10-8(11)6-16-4-3-14/h7,14-15H,2-6H2,1H3,(H,10,11)/t7-/m1/s1. The first-order valence-corrected chi connectivity index (χ1v) is 7.33. The Morgan fingerprint density at radius 1 is 1.44 bits per heavy atom. The molecule has 0 saturated carbocycles. The van der Waals surface area contributed by atoms with Crippen molar-refractivity contribution in [2.75, 3.05) is 29.6 Å². The normalized spacial score (nSPS) is 11.9. The van der Waals surface area contributed by atoms with Gasteiger partial charge >= 0.3 is 5.97 Å². The molecular formula is C9H17NO3S3. The fourth-order valence-electron chi connectivity index (χ4n) is 0.887. The average Bonchev–Trinajstić information content (AvgIpc) is 2.26. The third-order valence-corrected chi connectivity index (χ3v) is 3.41. The first-order valence-electron chi connectivity index (χ1n) is 4.91. The van der Waals surface area contributed by atoms with Crippen LogP contribution in [-0.4, -0.2) is 47.5 Å². The van der Waals surface area contributed by atoms with Crippen molar-refractivity contribution in [3.8, 4) is 0 Å². The summed E-state index contributed by atoms with van der Waals surface area (Å²) in [6.45, 7) is 2.02. The summed E-state index contributed by atoms with van der Waals surface area (Å²) >= 11 is 9.50. The molecule has 0 aromatic carbocycles. The van der Waals surface area contributed by atoms with Crippen LogP contribution in [0.2, 0.25) is 0 Å². The van der Waals surface area contributed by atoms with Crippen LogP contribution < -0.4 is 5.32 Å². The first-order chi connectivity index (χ1) is 7.65. The zero-order chi connectivity index (χ0) is 12.4. The van der Waals surface area contributed by atoms with Crippen molar-refractivity contribution in [1.82, 2.24) is 5.32 Å². The van der Waals surface area contributed by atoms with Crippen molar-refractivity contribution in [3.05, 3.63) is 0 Å². The predicted molar refractivity (Wildman–Crippen MR) is 73.6 cm³/mol. The van der Waals surface area contributed by atoms with Gasteiger partial charge in [0.2, 0.25) is 5.91 Å². The second-order valence-corrected chi connectivity index (χ2v) is 4.75. The number of carbonyl (C=O) groups excluding carboxylic acids is 2. The number of amides is 1. The Labute approximate surface area is 111 Å². The molecule has 94 valence electrons. The molecule has 0 aromatic heterocycles. The van der Waals surface area contributed by atoms with Crippen LogP contribution in [0.25, 0.3) is 0 Å². The zero-order valence-corrected chi connectivity index (χ0v) is 11.7. The molecule has 0 aliphatic rings. The van der Waals surface area contributed by atoms with Crippen LogP contribution >= 0.6 is 37.0 Å². The number of ether oxygens (including phenoxy) is 1. The predicted octanol–water partition coefficient (Wildman–Crippen LogP) is 0.627. The largest absolute Gasteiger partial charge is 0.464 e. The number of nitrogens with one attached hydrogen (secondary N) is 1. The number of hydrogen-bond donors (Lipinski definition) is 3. The van der Waals surface area contributed by atoms with Gasteiger partial charge in [-0.1, -0.05) is 0 Å². The molecule has 0 aromatic rings. The molecule has 0 saturated heterocycles. The maximum Gasteiger partial charge on any atom is 0.329 e. The van der Waals surface area contributed by atoms with Gasteiger partial charge in [0.1, 0.15) is 6.04 Å². The maximum atomic E-state index is 11.4. The van der Waals surface area contributed by atoms with Gasteiger partial charge < -0.3 is 10.1 Å². The lowest BCUT2D eigenvalue weighted by molar-refractivity contribution is -0.146. The zero-order valence-electron chi connectivity index (χ0n) is 9.14. The molecule has 0 bridgehead atoms. The van der Waals surface area contributed by atoms with E-state index in [4.69, 9.17) is 4.74 Å². The molecule has 7 heteroatoms. The van der Waals surface area contributed by atoms with E-state index in [1.807, 2.05) is 0 Å². The van der Waals surface area contributed by atoms with E-state index in [2.05, 4.69) is 30.6 Å². The smallest absolute Gasteiger partial charge is 0.329 e. The van der Waals surface area contributed by atoms with Crippen LogP contribution in [-0.2, 0) is 14.3 Å². The van der Waals surface area contributed by atoms with E-state index < -0.39 is 12.0 Å². The summed E-state index contributed by atoms with van der Waals surface area (Å²) in [5, 5.41) is 2.57. The van der Waals surface area contributed by atoms with E-state index in [9.17, 15) is 9.59 Å². The van der Waals surface area contributed by atoms with Crippen molar-refractivity contribution in [1.29, 1.82) is 0 Å². The molecule has 0 aliphatic heterocycles. The van der Waals surface area contributed by atoms with Gasteiger partial charge in [-0.15, -0.1) is 0 Å². The van der Waals surface area contributed by atoms with Gasteiger partial charge in [0.05, 0.1) is 12.4 Å². The van der Waals surface area contributed by atoms with Crippen LogP contribution in [0.4, 0.5) is 0 Å². The van der Waals surface area contributed by atoms with Crippen molar-refractivity contribution >= 4 is 48.9 Å². The Hall–Kier alpha value is -0.0100. The quantitative estimate of drug-likeness (QED) is 0.347. The molecule has 1 N–H and O–H groups in total. The molecule has 1 amide bonds. The minimum absolute atomic E-state index is 0.182.